The molecule has 7 heteroatoms. The average molecular weight is 353 g/mol. The topological polar surface area (TPSA) is 22.1 Å². The Morgan fingerprint density at radius 1 is 1.21 bits per heavy atom. The van der Waals surface area contributed by atoms with Crippen LogP contribution in [0.4, 0.5) is 13.2 Å². The Hall–Kier alpha value is -1.27. The molecule has 0 radical (unpaired) electrons. The molecular weight excluding hydrogens is 346 g/mol. The van der Waals surface area contributed by atoms with Gasteiger partial charge in [-0.05, 0) is 24.3 Å². The highest BCUT2D eigenvalue weighted by Gasteiger charge is 2.31. The smallest absolute Gasteiger partial charge is 0.417 e. The molecule has 2 nitrogen and oxygen atoms in total. The standard InChI is InChI=1S/C12H6BrClF3NO/c13-8-2-1-3-9(5-8)19-11-10(14)4-7(6-18-11)12(15,16)17/h1-6H. The molecule has 0 bridgehead atoms. The van der Waals surface area contributed by atoms with E-state index in [9.17, 15) is 13.2 Å². The van der Waals surface area contributed by atoms with Crippen LogP contribution in [0.15, 0.2) is 41.0 Å². The van der Waals surface area contributed by atoms with Crippen LogP contribution in [0, 0.1) is 0 Å². The second-order valence-electron chi connectivity index (χ2n) is 3.57. The predicted molar refractivity (Wildman–Crippen MR) is 68.5 cm³/mol. The number of hydrogen-bond acceptors (Lipinski definition) is 2. The summed E-state index contributed by atoms with van der Waals surface area (Å²) < 4.78 is 43.4. The molecule has 0 amide bonds. The van der Waals surface area contributed by atoms with Gasteiger partial charge in [-0.3, -0.25) is 0 Å². The van der Waals surface area contributed by atoms with E-state index in [-0.39, 0.29) is 10.9 Å². The van der Waals surface area contributed by atoms with Crippen LogP contribution in [0.1, 0.15) is 5.56 Å². The molecule has 100 valence electrons. The lowest BCUT2D eigenvalue weighted by Gasteiger charge is -2.10. The summed E-state index contributed by atoms with van der Waals surface area (Å²) in [5.41, 5.74) is -0.918. The van der Waals surface area contributed by atoms with Crippen LogP contribution >= 0.6 is 27.5 Å². The van der Waals surface area contributed by atoms with E-state index < -0.39 is 11.7 Å². The first-order valence-electron chi connectivity index (χ1n) is 5.02. The lowest BCUT2D eigenvalue weighted by molar-refractivity contribution is -0.137. The highest BCUT2D eigenvalue weighted by Crippen LogP contribution is 2.34. The predicted octanol–water partition coefficient (Wildman–Crippen LogP) is 5.31. The average Bonchev–Trinajstić information content (AvgIpc) is 2.30. The first-order valence-corrected chi connectivity index (χ1v) is 6.19. The Balaban J connectivity index is 2.27. The van der Waals surface area contributed by atoms with Crippen LogP contribution in [-0.4, -0.2) is 4.98 Å². The van der Waals surface area contributed by atoms with E-state index in [1.54, 1.807) is 24.3 Å². The fraction of sp³-hybridized carbons (Fsp3) is 0.0833. The van der Waals surface area contributed by atoms with E-state index in [1.165, 1.54) is 0 Å². The molecule has 0 saturated carbocycles. The molecule has 19 heavy (non-hydrogen) atoms. The van der Waals surface area contributed by atoms with Crippen molar-refractivity contribution in [3.05, 3.63) is 51.6 Å². The highest BCUT2D eigenvalue weighted by molar-refractivity contribution is 9.10. The molecule has 0 atom stereocenters. The minimum absolute atomic E-state index is 0.0761. The summed E-state index contributed by atoms with van der Waals surface area (Å²) in [6, 6.07) is 7.57. The largest absolute Gasteiger partial charge is 0.438 e. The van der Waals surface area contributed by atoms with Gasteiger partial charge in [-0.1, -0.05) is 33.6 Å². The van der Waals surface area contributed by atoms with Gasteiger partial charge in [-0.15, -0.1) is 0 Å². The quantitative estimate of drug-likeness (QED) is 0.731. The molecule has 0 aliphatic rings. The number of halogens is 5. The summed E-state index contributed by atoms with van der Waals surface area (Å²) in [6.07, 6.45) is -3.80. The van der Waals surface area contributed by atoms with Crippen molar-refractivity contribution in [2.75, 3.05) is 0 Å². The van der Waals surface area contributed by atoms with Crippen molar-refractivity contribution in [2.45, 2.75) is 6.18 Å². The molecule has 0 spiro atoms. The van der Waals surface area contributed by atoms with Gasteiger partial charge in [0.1, 0.15) is 10.8 Å². The molecule has 1 aromatic heterocycles. The Morgan fingerprint density at radius 2 is 1.95 bits per heavy atom. The maximum absolute atomic E-state index is 12.4. The lowest BCUT2D eigenvalue weighted by Crippen LogP contribution is -2.05. The van der Waals surface area contributed by atoms with Gasteiger partial charge in [0, 0.05) is 10.7 Å². The van der Waals surface area contributed by atoms with Crippen molar-refractivity contribution in [3.63, 3.8) is 0 Å². The van der Waals surface area contributed by atoms with Gasteiger partial charge in [-0.25, -0.2) is 4.98 Å². The van der Waals surface area contributed by atoms with Crippen LogP contribution < -0.4 is 4.74 Å². The van der Waals surface area contributed by atoms with Gasteiger partial charge in [-0.2, -0.15) is 13.2 Å². The number of rotatable bonds is 2. The molecule has 1 heterocycles. The van der Waals surface area contributed by atoms with E-state index in [4.69, 9.17) is 16.3 Å². The van der Waals surface area contributed by atoms with E-state index >= 15 is 0 Å². The zero-order valence-electron chi connectivity index (χ0n) is 9.21. The van der Waals surface area contributed by atoms with E-state index in [0.717, 1.165) is 10.5 Å². The van der Waals surface area contributed by atoms with Crippen molar-refractivity contribution in [3.8, 4) is 11.6 Å². The highest BCUT2D eigenvalue weighted by atomic mass is 79.9. The van der Waals surface area contributed by atoms with Crippen LogP contribution in [0.2, 0.25) is 5.02 Å². The SMILES string of the molecule is FC(F)(F)c1cnc(Oc2cccc(Br)c2)c(Cl)c1. The maximum Gasteiger partial charge on any atom is 0.417 e. The molecule has 0 unspecified atom stereocenters. The van der Waals surface area contributed by atoms with Crippen molar-refractivity contribution in [1.82, 2.24) is 4.98 Å². The molecule has 0 fully saturated rings. The summed E-state index contributed by atoms with van der Waals surface area (Å²) in [5.74, 6) is 0.344. The number of hydrogen-bond donors (Lipinski definition) is 0. The summed E-state index contributed by atoms with van der Waals surface area (Å²) in [4.78, 5) is 3.58. The van der Waals surface area contributed by atoms with Crippen LogP contribution in [-0.2, 0) is 6.18 Å². The minimum Gasteiger partial charge on any atom is -0.438 e. The van der Waals surface area contributed by atoms with Crippen molar-refractivity contribution >= 4 is 27.5 Å². The monoisotopic (exact) mass is 351 g/mol. The van der Waals surface area contributed by atoms with Crippen molar-refractivity contribution in [1.29, 1.82) is 0 Å². The number of nitrogens with zero attached hydrogens (tertiary/aromatic N) is 1. The summed E-state index contributed by atoms with van der Waals surface area (Å²) >= 11 is 8.98. The zero-order chi connectivity index (χ0) is 14.0. The molecule has 0 saturated heterocycles. The molecule has 1 aromatic carbocycles. The first kappa shape index (κ1) is 14.1. The molecule has 2 aromatic rings. The third-order valence-corrected chi connectivity index (χ3v) is 2.91. The first-order chi connectivity index (χ1) is 8.86. The third kappa shape index (κ3) is 3.61. The van der Waals surface area contributed by atoms with E-state index in [1.807, 2.05) is 0 Å². The number of pyridine rings is 1. The third-order valence-electron chi connectivity index (χ3n) is 2.15. The molecule has 2 rings (SSSR count). The lowest BCUT2D eigenvalue weighted by atomic mass is 10.3. The Bertz CT molecular complexity index is 604. The van der Waals surface area contributed by atoms with Gasteiger partial charge in [0.25, 0.3) is 0 Å². The second kappa shape index (κ2) is 5.38. The van der Waals surface area contributed by atoms with Crippen LogP contribution in [0.5, 0.6) is 11.6 Å². The van der Waals surface area contributed by atoms with Gasteiger partial charge >= 0.3 is 6.18 Å². The van der Waals surface area contributed by atoms with E-state index in [0.29, 0.717) is 11.9 Å². The fourth-order valence-electron chi connectivity index (χ4n) is 1.30. The number of alkyl halides is 3. The molecule has 0 N–H and O–H groups in total. The number of aromatic nitrogens is 1. The second-order valence-corrected chi connectivity index (χ2v) is 4.89. The van der Waals surface area contributed by atoms with Gasteiger partial charge < -0.3 is 4.74 Å². The summed E-state index contributed by atoms with van der Waals surface area (Å²) in [7, 11) is 0. The van der Waals surface area contributed by atoms with Crippen LogP contribution in [0.3, 0.4) is 0 Å². The summed E-state index contributed by atoms with van der Waals surface area (Å²) in [6.45, 7) is 0. The maximum atomic E-state index is 12.4. The number of benzene rings is 1. The molecule has 0 aliphatic heterocycles. The minimum atomic E-state index is -4.48. The zero-order valence-corrected chi connectivity index (χ0v) is 11.6. The Morgan fingerprint density at radius 3 is 2.53 bits per heavy atom. The van der Waals surface area contributed by atoms with Gasteiger partial charge in [0.15, 0.2) is 0 Å². The Kier molecular flexibility index (Phi) is 4.01. The van der Waals surface area contributed by atoms with Gasteiger partial charge in [0.05, 0.1) is 5.56 Å². The Labute approximate surface area is 120 Å². The normalized spacial score (nSPS) is 11.4. The molecular formula is C12H6BrClF3NO. The van der Waals surface area contributed by atoms with Crippen molar-refractivity contribution < 1.29 is 17.9 Å². The van der Waals surface area contributed by atoms with Gasteiger partial charge in [0.2, 0.25) is 5.88 Å². The number of ether oxygens (including phenoxy) is 1. The van der Waals surface area contributed by atoms with E-state index in [2.05, 4.69) is 20.9 Å². The van der Waals surface area contributed by atoms with Crippen molar-refractivity contribution in [2.24, 2.45) is 0 Å². The van der Waals surface area contributed by atoms with Crippen LogP contribution in [0.25, 0.3) is 0 Å². The molecule has 0 aliphatic carbocycles. The fourth-order valence-corrected chi connectivity index (χ4v) is 1.88. The summed E-state index contributed by atoms with van der Waals surface area (Å²) in [5, 5.41) is -0.199.